The van der Waals surface area contributed by atoms with Crippen LogP contribution in [0.4, 0.5) is 0 Å². The molecule has 5 heteroatoms. The molecule has 2 rings (SSSR count). The van der Waals surface area contributed by atoms with Gasteiger partial charge in [-0.05, 0) is 30.5 Å². The summed E-state index contributed by atoms with van der Waals surface area (Å²) in [7, 11) is -3.70. The second kappa shape index (κ2) is 9.14. The quantitative estimate of drug-likeness (QED) is 0.581. The van der Waals surface area contributed by atoms with Gasteiger partial charge in [-0.3, -0.25) is 4.79 Å². The predicted molar refractivity (Wildman–Crippen MR) is 104 cm³/mol. The van der Waals surface area contributed by atoms with E-state index in [1.807, 2.05) is 43.3 Å². The van der Waals surface area contributed by atoms with E-state index in [2.05, 4.69) is 11.8 Å². The first-order valence-electron chi connectivity index (χ1n) is 8.17. The molecule has 0 N–H and O–H groups in total. The third-order valence-corrected chi connectivity index (χ3v) is 5.42. The van der Waals surface area contributed by atoms with Crippen LogP contribution in [0.25, 0.3) is 6.08 Å². The lowest BCUT2D eigenvalue weighted by Gasteiger charge is -2.18. The molecule has 0 atom stereocenters. The Labute approximate surface area is 155 Å². The Balaban J connectivity index is 2.25. The summed E-state index contributed by atoms with van der Waals surface area (Å²) in [6.45, 7) is 3.36. The molecule has 0 aromatic heterocycles. The number of benzene rings is 2. The Hall–Kier alpha value is -2.68. The van der Waals surface area contributed by atoms with Gasteiger partial charge < -0.3 is 0 Å². The summed E-state index contributed by atoms with van der Waals surface area (Å²) in [5, 5.41) is 0. The van der Waals surface area contributed by atoms with Gasteiger partial charge in [0.15, 0.2) is 0 Å². The number of carbonyl (C=O) groups is 1. The van der Waals surface area contributed by atoms with E-state index in [-0.39, 0.29) is 23.8 Å². The molecule has 0 spiro atoms. The first-order chi connectivity index (χ1) is 12.4. The SMILES string of the molecule is CC(=O)C#CCN(C/C=C/c1ccccc1)S(=O)(=O)c1ccc(C)cc1. The Bertz CT molecular complexity index is 934. The maximum Gasteiger partial charge on any atom is 0.244 e. The van der Waals surface area contributed by atoms with Gasteiger partial charge in [0.1, 0.15) is 0 Å². The summed E-state index contributed by atoms with van der Waals surface area (Å²) in [5.74, 6) is 4.74. The van der Waals surface area contributed by atoms with Crippen molar-refractivity contribution in [2.75, 3.05) is 13.1 Å². The standard InChI is InChI=1S/C21H21NO3S/c1-18-12-14-21(15-13-18)26(24,25)22(16-6-8-19(2)23)17-7-11-20-9-4-3-5-10-20/h3-5,7,9-15H,16-17H2,1-2H3/b11-7+. The van der Waals surface area contributed by atoms with E-state index in [9.17, 15) is 13.2 Å². The number of hydrogen-bond acceptors (Lipinski definition) is 3. The van der Waals surface area contributed by atoms with E-state index in [0.717, 1.165) is 11.1 Å². The van der Waals surface area contributed by atoms with Crippen LogP contribution in [0.15, 0.2) is 65.6 Å². The number of ketones is 1. The normalized spacial score (nSPS) is 11.3. The van der Waals surface area contributed by atoms with E-state index < -0.39 is 10.0 Å². The summed E-state index contributed by atoms with van der Waals surface area (Å²) in [6, 6.07) is 16.3. The second-order valence-electron chi connectivity index (χ2n) is 5.78. The van der Waals surface area contributed by atoms with Gasteiger partial charge in [0, 0.05) is 13.5 Å². The molecule has 4 nitrogen and oxygen atoms in total. The topological polar surface area (TPSA) is 54.5 Å². The molecule has 134 valence electrons. The average Bonchev–Trinajstić information content (AvgIpc) is 2.61. The summed E-state index contributed by atoms with van der Waals surface area (Å²) in [5.41, 5.74) is 1.96. The molecule has 0 saturated carbocycles. The fraction of sp³-hybridized carbons (Fsp3) is 0.190. The molecule has 0 radical (unpaired) electrons. The number of carbonyl (C=O) groups excluding carboxylic acids is 1. The summed E-state index contributed by atoms with van der Waals surface area (Å²) >= 11 is 0. The van der Waals surface area contributed by atoms with Gasteiger partial charge in [-0.1, -0.05) is 66.1 Å². The highest BCUT2D eigenvalue weighted by molar-refractivity contribution is 7.89. The zero-order valence-electron chi connectivity index (χ0n) is 14.8. The molecule has 26 heavy (non-hydrogen) atoms. The van der Waals surface area contributed by atoms with Crippen molar-refractivity contribution in [3.05, 3.63) is 71.8 Å². The van der Waals surface area contributed by atoms with Crippen molar-refractivity contribution in [2.45, 2.75) is 18.7 Å². The smallest absolute Gasteiger partial charge is 0.244 e. The lowest BCUT2D eigenvalue weighted by Crippen LogP contribution is -2.31. The minimum atomic E-state index is -3.70. The minimum absolute atomic E-state index is 0.0467. The maximum absolute atomic E-state index is 12.9. The first kappa shape index (κ1) is 19.6. The van der Waals surface area contributed by atoms with Gasteiger partial charge in [-0.2, -0.15) is 4.31 Å². The van der Waals surface area contributed by atoms with Crippen molar-refractivity contribution in [1.29, 1.82) is 0 Å². The molecule has 0 aliphatic heterocycles. The molecule has 2 aromatic carbocycles. The van der Waals surface area contributed by atoms with Crippen LogP contribution in [-0.2, 0) is 14.8 Å². The van der Waals surface area contributed by atoms with Crippen molar-refractivity contribution in [1.82, 2.24) is 4.31 Å². The number of Topliss-reactive ketones (excluding diaryl/α,β-unsaturated/α-hetero) is 1. The molecule has 0 unspecified atom stereocenters. The highest BCUT2D eigenvalue weighted by atomic mass is 32.2. The lowest BCUT2D eigenvalue weighted by molar-refractivity contribution is -0.111. The Morgan fingerprint density at radius 3 is 2.35 bits per heavy atom. The van der Waals surface area contributed by atoms with Crippen LogP contribution in [-0.4, -0.2) is 31.6 Å². The molecule has 0 saturated heterocycles. The van der Waals surface area contributed by atoms with Crippen LogP contribution in [0.5, 0.6) is 0 Å². The number of hydrogen-bond donors (Lipinski definition) is 0. The first-order valence-corrected chi connectivity index (χ1v) is 9.61. The summed E-state index contributed by atoms with van der Waals surface area (Å²) in [4.78, 5) is 11.2. The Morgan fingerprint density at radius 1 is 1.08 bits per heavy atom. The van der Waals surface area contributed by atoms with Gasteiger partial charge in [0.25, 0.3) is 0 Å². The average molecular weight is 367 g/mol. The third-order valence-electron chi connectivity index (χ3n) is 3.60. The highest BCUT2D eigenvalue weighted by Gasteiger charge is 2.22. The molecule has 0 bridgehead atoms. The number of aryl methyl sites for hydroxylation is 1. The van der Waals surface area contributed by atoms with Crippen molar-refractivity contribution in [2.24, 2.45) is 0 Å². The van der Waals surface area contributed by atoms with E-state index >= 15 is 0 Å². The van der Waals surface area contributed by atoms with Crippen LogP contribution in [0.3, 0.4) is 0 Å². The van der Waals surface area contributed by atoms with Crippen LogP contribution < -0.4 is 0 Å². The van der Waals surface area contributed by atoms with E-state index in [4.69, 9.17) is 0 Å². The molecule has 0 aliphatic carbocycles. The molecule has 2 aromatic rings. The fourth-order valence-electron chi connectivity index (χ4n) is 2.23. The van der Waals surface area contributed by atoms with Crippen LogP contribution in [0.1, 0.15) is 18.1 Å². The van der Waals surface area contributed by atoms with Crippen molar-refractivity contribution in [3.63, 3.8) is 0 Å². The lowest BCUT2D eigenvalue weighted by atomic mass is 10.2. The highest BCUT2D eigenvalue weighted by Crippen LogP contribution is 2.16. The molecular weight excluding hydrogens is 346 g/mol. The molecule has 0 amide bonds. The van der Waals surface area contributed by atoms with Crippen LogP contribution >= 0.6 is 0 Å². The summed E-state index contributed by atoms with van der Waals surface area (Å²) in [6.07, 6.45) is 3.63. The van der Waals surface area contributed by atoms with Crippen LogP contribution in [0.2, 0.25) is 0 Å². The van der Waals surface area contributed by atoms with Crippen LogP contribution in [0, 0.1) is 18.8 Å². The minimum Gasteiger partial charge on any atom is -0.285 e. The van der Waals surface area contributed by atoms with E-state index in [0.29, 0.717) is 0 Å². The Kier molecular flexibility index (Phi) is 6.90. The Morgan fingerprint density at radius 2 is 1.73 bits per heavy atom. The van der Waals surface area contributed by atoms with E-state index in [1.165, 1.54) is 11.2 Å². The number of rotatable bonds is 6. The monoisotopic (exact) mass is 367 g/mol. The van der Waals surface area contributed by atoms with Crippen molar-refractivity contribution in [3.8, 4) is 11.8 Å². The maximum atomic E-state index is 12.9. The number of nitrogens with zero attached hydrogens (tertiary/aromatic N) is 1. The fourth-order valence-corrected chi connectivity index (χ4v) is 3.52. The molecular formula is C21H21NO3S. The molecule has 0 fully saturated rings. The predicted octanol–water partition coefficient (Wildman–Crippen LogP) is 3.29. The van der Waals surface area contributed by atoms with Crippen molar-refractivity contribution >= 4 is 21.9 Å². The van der Waals surface area contributed by atoms with Crippen molar-refractivity contribution < 1.29 is 13.2 Å². The molecule has 0 aliphatic rings. The van der Waals surface area contributed by atoms with E-state index in [1.54, 1.807) is 30.3 Å². The van der Waals surface area contributed by atoms with Gasteiger partial charge >= 0.3 is 0 Å². The van der Waals surface area contributed by atoms with Gasteiger partial charge in [0.05, 0.1) is 11.4 Å². The van der Waals surface area contributed by atoms with Gasteiger partial charge in [-0.25, -0.2) is 8.42 Å². The third kappa shape index (κ3) is 5.69. The number of sulfonamides is 1. The largest absolute Gasteiger partial charge is 0.285 e. The van der Waals surface area contributed by atoms with Gasteiger partial charge in [-0.15, -0.1) is 0 Å². The zero-order chi connectivity index (χ0) is 19.0. The second-order valence-corrected chi connectivity index (χ2v) is 7.72. The summed E-state index contributed by atoms with van der Waals surface area (Å²) < 4.78 is 27.1. The van der Waals surface area contributed by atoms with Gasteiger partial charge in [0.2, 0.25) is 15.8 Å². The molecule has 0 heterocycles. The zero-order valence-corrected chi connectivity index (χ0v) is 15.7.